The molecule has 0 aromatic heterocycles. The summed E-state index contributed by atoms with van der Waals surface area (Å²) in [6, 6.07) is 9.49. The zero-order valence-electron chi connectivity index (χ0n) is 10.1. The Hall–Kier alpha value is -1.02. The molecule has 0 amide bonds. The third kappa shape index (κ3) is 3.24. The van der Waals surface area contributed by atoms with Crippen LogP contribution in [-0.4, -0.2) is 19.1 Å². The highest BCUT2D eigenvalue weighted by Gasteiger charge is 2.11. The maximum absolute atomic E-state index is 3.59. The molecule has 1 aliphatic rings. The Kier molecular flexibility index (Phi) is 4.23. The first kappa shape index (κ1) is 11.5. The Morgan fingerprint density at radius 3 is 2.75 bits per heavy atom. The molecule has 1 aliphatic heterocycles. The van der Waals surface area contributed by atoms with Crippen molar-refractivity contribution in [2.24, 2.45) is 0 Å². The van der Waals surface area contributed by atoms with E-state index in [0.29, 0.717) is 6.04 Å². The lowest BCUT2D eigenvalue weighted by Gasteiger charge is -2.24. The zero-order valence-corrected chi connectivity index (χ0v) is 10.1. The summed E-state index contributed by atoms with van der Waals surface area (Å²) >= 11 is 0. The molecule has 0 saturated carbocycles. The van der Waals surface area contributed by atoms with Gasteiger partial charge < -0.3 is 10.6 Å². The van der Waals surface area contributed by atoms with E-state index < -0.39 is 0 Å². The van der Waals surface area contributed by atoms with Gasteiger partial charge in [0.2, 0.25) is 0 Å². The van der Waals surface area contributed by atoms with Gasteiger partial charge in [-0.05, 0) is 43.5 Å². The second-order valence-electron chi connectivity index (χ2n) is 4.63. The fraction of sp³-hybridized carbons (Fsp3) is 0.571. The summed E-state index contributed by atoms with van der Waals surface area (Å²) in [6.07, 6.45) is 4.97. The maximum atomic E-state index is 3.59. The smallest absolute Gasteiger partial charge is 0.0386 e. The van der Waals surface area contributed by atoms with Gasteiger partial charge in [0.05, 0.1) is 0 Å². The van der Waals surface area contributed by atoms with Crippen molar-refractivity contribution >= 4 is 5.69 Å². The molecule has 2 N–H and O–H groups in total. The monoisotopic (exact) mass is 218 g/mol. The van der Waals surface area contributed by atoms with Gasteiger partial charge in [-0.1, -0.05) is 25.5 Å². The maximum Gasteiger partial charge on any atom is 0.0386 e. The number of anilines is 1. The largest absolute Gasteiger partial charge is 0.381 e. The summed E-state index contributed by atoms with van der Waals surface area (Å²) < 4.78 is 0. The highest BCUT2D eigenvalue weighted by Crippen LogP contribution is 2.14. The van der Waals surface area contributed by atoms with Crippen LogP contribution in [0.25, 0.3) is 0 Å². The van der Waals surface area contributed by atoms with E-state index in [4.69, 9.17) is 0 Å². The number of hydrogen-bond acceptors (Lipinski definition) is 2. The molecule has 1 aromatic carbocycles. The number of rotatable bonds is 4. The van der Waals surface area contributed by atoms with Crippen LogP contribution in [0.5, 0.6) is 0 Å². The van der Waals surface area contributed by atoms with E-state index in [9.17, 15) is 0 Å². The van der Waals surface area contributed by atoms with Gasteiger partial charge in [-0.2, -0.15) is 0 Å². The van der Waals surface area contributed by atoms with Crippen molar-refractivity contribution in [3.8, 4) is 0 Å². The molecule has 1 atom stereocenters. The minimum absolute atomic E-state index is 0.603. The molecule has 0 radical (unpaired) electrons. The Morgan fingerprint density at radius 2 is 2.12 bits per heavy atom. The predicted octanol–water partition coefficient (Wildman–Crippen LogP) is 2.80. The first-order valence-electron chi connectivity index (χ1n) is 6.44. The van der Waals surface area contributed by atoms with Crippen LogP contribution in [0.1, 0.15) is 31.7 Å². The van der Waals surface area contributed by atoms with E-state index >= 15 is 0 Å². The predicted molar refractivity (Wildman–Crippen MR) is 70.0 cm³/mol. The van der Waals surface area contributed by atoms with E-state index in [1.54, 1.807) is 0 Å². The SMILES string of the molecule is CCCc1ccc(NC2CCCNC2)cc1. The normalized spacial score (nSPS) is 20.7. The van der Waals surface area contributed by atoms with Gasteiger partial charge in [0.25, 0.3) is 0 Å². The zero-order chi connectivity index (χ0) is 11.2. The molecular weight excluding hydrogens is 196 g/mol. The quantitative estimate of drug-likeness (QED) is 0.812. The number of nitrogens with one attached hydrogen (secondary N) is 2. The molecule has 1 heterocycles. The van der Waals surface area contributed by atoms with Crippen LogP contribution >= 0.6 is 0 Å². The molecule has 2 rings (SSSR count). The van der Waals surface area contributed by atoms with Crippen molar-refractivity contribution in [1.82, 2.24) is 5.32 Å². The molecule has 2 heteroatoms. The summed E-state index contributed by atoms with van der Waals surface area (Å²) in [6.45, 7) is 4.49. The molecule has 1 aromatic rings. The Balaban J connectivity index is 1.88. The fourth-order valence-corrected chi connectivity index (χ4v) is 2.27. The van der Waals surface area contributed by atoms with Crippen molar-refractivity contribution in [2.45, 2.75) is 38.6 Å². The van der Waals surface area contributed by atoms with E-state index in [1.807, 2.05) is 0 Å². The van der Waals surface area contributed by atoms with Gasteiger partial charge in [0.15, 0.2) is 0 Å². The number of aryl methyl sites for hydroxylation is 1. The number of benzene rings is 1. The van der Waals surface area contributed by atoms with Crippen molar-refractivity contribution in [3.05, 3.63) is 29.8 Å². The Bertz CT molecular complexity index is 299. The van der Waals surface area contributed by atoms with Crippen LogP contribution in [-0.2, 0) is 6.42 Å². The second-order valence-corrected chi connectivity index (χ2v) is 4.63. The van der Waals surface area contributed by atoms with E-state index in [-0.39, 0.29) is 0 Å². The fourth-order valence-electron chi connectivity index (χ4n) is 2.27. The second kappa shape index (κ2) is 5.90. The third-order valence-electron chi connectivity index (χ3n) is 3.16. The first-order chi connectivity index (χ1) is 7.88. The average molecular weight is 218 g/mol. The molecule has 0 spiro atoms. The van der Waals surface area contributed by atoms with Gasteiger partial charge in [-0.15, -0.1) is 0 Å². The Morgan fingerprint density at radius 1 is 1.31 bits per heavy atom. The van der Waals surface area contributed by atoms with E-state index in [2.05, 4.69) is 41.8 Å². The molecule has 1 fully saturated rings. The van der Waals surface area contributed by atoms with Crippen molar-refractivity contribution in [1.29, 1.82) is 0 Å². The minimum atomic E-state index is 0.603. The van der Waals surface area contributed by atoms with Gasteiger partial charge in [-0.25, -0.2) is 0 Å². The van der Waals surface area contributed by atoms with Crippen molar-refractivity contribution in [2.75, 3.05) is 18.4 Å². The standard InChI is InChI=1S/C14H22N2/c1-2-4-12-6-8-13(9-7-12)16-14-5-3-10-15-11-14/h6-9,14-16H,2-5,10-11H2,1H3. The topological polar surface area (TPSA) is 24.1 Å². The summed E-state index contributed by atoms with van der Waals surface area (Å²) in [7, 11) is 0. The molecule has 1 saturated heterocycles. The number of piperidine rings is 1. The molecule has 16 heavy (non-hydrogen) atoms. The lowest BCUT2D eigenvalue weighted by Crippen LogP contribution is -2.38. The van der Waals surface area contributed by atoms with Crippen molar-refractivity contribution < 1.29 is 0 Å². The van der Waals surface area contributed by atoms with Gasteiger partial charge in [0.1, 0.15) is 0 Å². The number of hydrogen-bond donors (Lipinski definition) is 2. The average Bonchev–Trinajstić information content (AvgIpc) is 2.33. The van der Waals surface area contributed by atoms with Crippen LogP contribution in [0.4, 0.5) is 5.69 Å². The molecule has 88 valence electrons. The molecule has 0 aliphatic carbocycles. The molecule has 1 unspecified atom stereocenters. The van der Waals surface area contributed by atoms with Crippen LogP contribution in [0, 0.1) is 0 Å². The van der Waals surface area contributed by atoms with Crippen LogP contribution in [0.15, 0.2) is 24.3 Å². The minimum Gasteiger partial charge on any atom is -0.381 e. The van der Waals surface area contributed by atoms with E-state index in [1.165, 1.54) is 43.5 Å². The summed E-state index contributed by atoms with van der Waals surface area (Å²) in [5.74, 6) is 0. The third-order valence-corrected chi connectivity index (χ3v) is 3.16. The molecule has 0 bridgehead atoms. The summed E-state index contributed by atoms with van der Waals surface area (Å²) in [5.41, 5.74) is 2.70. The molecular formula is C14H22N2. The van der Waals surface area contributed by atoms with Gasteiger partial charge >= 0.3 is 0 Å². The highest BCUT2D eigenvalue weighted by atomic mass is 15.0. The van der Waals surface area contributed by atoms with Crippen molar-refractivity contribution in [3.63, 3.8) is 0 Å². The van der Waals surface area contributed by atoms with E-state index in [0.717, 1.165) is 6.54 Å². The summed E-state index contributed by atoms with van der Waals surface area (Å²) in [4.78, 5) is 0. The van der Waals surface area contributed by atoms with Crippen LogP contribution < -0.4 is 10.6 Å². The highest BCUT2D eigenvalue weighted by molar-refractivity contribution is 5.45. The Labute approximate surface area is 98.4 Å². The summed E-state index contributed by atoms with van der Waals surface area (Å²) in [5, 5.41) is 7.01. The van der Waals surface area contributed by atoms with Crippen LogP contribution in [0.3, 0.4) is 0 Å². The van der Waals surface area contributed by atoms with Gasteiger partial charge in [-0.3, -0.25) is 0 Å². The lowest BCUT2D eigenvalue weighted by atomic mass is 10.1. The first-order valence-corrected chi connectivity index (χ1v) is 6.44. The lowest BCUT2D eigenvalue weighted by molar-refractivity contribution is 0.480. The van der Waals surface area contributed by atoms with Crippen LogP contribution in [0.2, 0.25) is 0 Å². The van der Waals surface area contributed by atoms with Gasteiger partial charge in [0, 0.05) is 18.3 Å². The molecule has 2 nitrogen and oxygen atoms in total.